The Kier molecular flexibility index (Phi) is 4.29. The highest BCUT2D eigenvalue weighted by Crippen LogP contribution is 2.17. The second-order valence-corrected chi connectivity index (χ2v) is 4.15. The third kappa shape index (κ3) is 3.06. The molecule has 0 fully saturated rings. The zero-order chi connectivity index (χ0) is 12.8. The maximum atomic E-state index is 11.3. The molecular weight excluding hydrogens is 226 g/mol. The van der Waals surface area contributed by atoms with Crippen LogP contribution in [-0.4, -0.2) is 17.6 Å². The fraction of sp³-hybridized carbons (Fsp3) is 0.333. The van der Waals surface area contributed by atoms with Crippen LogP contribution < -0.4 is 0 Å². The molecule has 0 saturated heterocycles. The first-order chi connectivity index (χ1) is 8.81. The molecule has 2 aromatic rings. The van der Waals surface area contributed by atoms with Gasteiger partial charge in [0.2, 0.25) is 0 Å². The lowest BCUT2D eigenvalue weighted by Crippen LogP contribution is -2.04. The zero-order valence-corrected chi connectivity index (χ0v) is 10.6. The SMILES string of the molecule is CCOC(=O)CCCc1cccc2cccnc12. The summed E-state index contributed by atoms with van der Waals surface area (Å²) in [5.74, 6) is -0.120. The number of hydrogen-bond acceptors (Lipinski definition) is 3. The summed E-state index contributed by atoms with van der Waals surface area (Å²) in [5, 5.41) is 1.14. The van der Waals surface area contributed by atoms with E-state index in [1.54, 1.807) is 6.20 Å². The molecule has 0 radical (unpaired) electrons. The van der Waals surface area contributed by atoms with Gasteiger partial charge in [0.05, 0.1) is 12.1 Å². The van der Waals surface area contributed by atoms with Crippen LogP contribution in [0.1, 0.15) is 25.3 Å². The first kappa shape index (κ1) is 12.6. The number of carbonyl (C=O) groups is 1. The van der Waals surface area contributed by atoms with Crippen molar-refractivity contribution in [3.63, 3.8) is 0 Å². The number of nitrogens with zero attached hydrogens (tertiary/aromatic N) is 1. The number of benzene rings is 1. The standard InChI is InChI=1S/C15H17NO2/c1-2-18-14(17)10-4-8-12-6-3-7-13-9-5-11-16-15(12)13/h3,5-7,9,11H,2,4,8,10H2,1H3. The third-order valence-corrected chi connectivity index (χ3v) is 2.85. The van der Waals surface area contributed by atoms with Gasteiger partial charge in [-0.25, -0.2) is 0 Å². The Bertz CT molecular complexity index is 532. The summed E-state index contributed by atoms with van der Waals surface area (Å²) in [5.41, 5.74) is 2.22. The average molecular weight is 243 g/mol. The molecule has 0 atom stereocenters. The highest BCUT2D eigenvalue weighted by molar-refractivity contribution is 5.81. The number of aryl methyl sites for hydroxylation is 1. The summed E-state index contributed by atoms with van der Waals surface area (Å²) in [7, 11) is 0. The van der Waals surface area contributed by atoms with E-state index in [9.17, 15) is 4.79 Å². The second-order valence-electron chi connectivity index (χ2n) is 4.15. The molecule has 3 heteroatoms. The summed E-state index contributed by atoms with van der Waals surface area (Å²) >= 11 is 0. The molecule has 0 unspecified atom stereocenters. The Morgan fingerprint density at radius 3 is 2.94 bits per heavy atom. The van der Waals surface area contributed by atoms with E-state index in [1.807, 2.05) is 19.1 Å². The molecule has 0 aliphatic heterocycles. The molecule has 0 bridgehead atoms. The van der Waals surface area contributed by atoms with Crippen LogP contribution in [0.25, 0.3) is 10.9 Å². The molecule has 2 rings (SSSR count). The highest BCUT2D eigenvalue weighted by atomic mass is 16.5. The van der Waals surface area contributed by atoms with Gasteiger partial charge in [-0.1, -0.05) is 24.3 Å². The van der Waals surface area contributed by atoms with Crippen LogP contribution in [0.4, 0.5) is 0 Å². The van der Waals surface area contributed by atoms with Crippen LogP contribution in [0, 0.1) is 0 Å². The third-order valence-electron chi connectivity index (χ3n) is 2.85. The van der Waals surface area contributed by atoms with Crippen LogP contribution in [0.5, 0.6) is 0 Å². The fourth-order valence-corrected chi connectivity index (χ4v) is 2.03. The van der Waals surface area contributed by atoms with E-state index in [-0.39, 0.29) is 5.97 Å². The quantitative estimate of drug-likeness (QED) is 0.757. The largest absolute Gasteiger partial charge is 0.466 e. The van der Waals surface area contributed by atoms with Crippen LogP contribution >= 0.6 is 0 Å². The molecule has 0 aliphatic carbocycles. The van der Waals surface area contributed by atoms with Crippen molar-refractivity contribution in [3.8, 4) is 0 Å². The lowest BCUT2D eigenvalue weighted by molar-refractivity contribution is -0.143. The number of pyridine rings is 1. The second kappa shape index (κ2) is 6.15. The smallest absolute Gasteiger partial charge is 0.305 e. The minimum absolute atomic E-state index is 0.120. The van der Waals surface area contributed by atoms with Crippen molar-refractivity contribution in [2.24, 2.45) is 0 Å². The van der Waals surface area contributed by atoms with Gasteiger partial charge in [-0.3, -0.25) is 9.78 Å². The van der Waals surface area contributed by atoms with E-state index in [2.05, 4.69) is 23.2 Å². The van der Waals surface area contributed by atoms with Gasteiger partial charge in [-0.15, -0.1) is 0 Å². The summed E-state index contributed by atoms with van der Waals surface area (Å²) in [6.45, 7) is 2.28. The number of rotatable bonds is 5. The average Bonchev–Trinajstić information content (AvgIpc) is 2.39. The summed E-state index contributed by atoms with van der Waals surface area (Å²) in [4.78, 5) is 15.7. The van der Waals surface area contributed by atoms with E-state index in [0.717, 1.165) is 23.7 Å². The van der Waals surface area contributed by atoms with Crippen molar-refractivity contribution in [1.82, 2.24) is 4.98 Å². The van der Waals surface area contributed by atoms with Crippen LogP contribution in [-0.2, 0) is 16.0 Å². The molecule has 94 valence electrons. The van der Waals surface area contributed by atoms with Gasteiger partial charge in [0, 0.05) is 18.0 Å². The lowest BCUT2D eigenvalue weighted by atomic mass is 10.0. The lowest BCUT2D eigenvalue weighted by Gasteiger charge is -2.05. The van der Waals surface area contributed by atoms with Crippen LogP contribution in [0.15, 0.2) is 36.5 Å². The summed E-state index contributed by atoms with van der Waals surface area (Å²) in [6.07, 6.45) is 3.93. The van der Waals surface area contributed by atoms with Crippen molar-refractivity contribution >= 4 is 16.9 Å². The van der Waals surface area contributed by atoms with Crippen LogP contribution in [0.2, 0.25) is 0 Å². The number of esters is 1. The Morgan fingerprint density at radius 2 is 2.11 bits per heavy atom. The summed E-state index contributed by atoms with van der Waals surface area (Å²) in [6, 6.07) is 10.1. The molecule has 0 N–H and O–H groups in total. The van der Waals surface area contributed by atoms with Crippen LogP contribution in [0.3, 0.4) is 0 Å². The van der Waals surface area contributed by atoms with Gasteiger partial charge in [0.1, 0.15) is 0 Å². The number of hydrogen-bond donors (Lipinski definition) is 0. The van der Waals surface area contributed by atoms with E-state index in [0.29, 0.717) is 13.0 Å². The zero-order valence-electron chi connectivity index (χ0n) is 10.6. The number of aromatic nitrogens is 1. The van der Waals surface area contributed by atoms with Gasteiger partial charge >= 0.3 is 5.97 Å². The number of fused-ring (bicyclic) bond motifs is 1. The molecule has 18 heavy (non-hydrogen) atoms. The van der Waals surface area contributed by atoms with Crippen molar-refractivity contribution < 1.29 is 9.53 Å². The Balaban J connectivity index is 2.01. The first-order valence-corrected chi connectivity index (χ1v) is 6.29. The van der Waals surface area contributed by atoms with E-state index >= 15 is 0 Å². The predicted molar refractivity (Wildman–Crippen MR) is 71.3 cm³/mol. The van der Waals surface area contributed by atoms with Gasteiger partial charge in [0.15, 0.2) is 0 Å². The molecule has 3 nitrogen and oxygen atoms in total. The molecular formula is C15H17NO2. The van der Waals surface area contributed by atoms with Gasteiger partial charge < -0.3 is 4.74 Å². The molecule has 0 amide bonds. The topological polar surface area (TPSA) is 39.2 Å². The Hall–Kier alpha value is -1.90. The molecule has 1 heterocycles. The van der Waals surface area contributed by atoms with Crippen molar-refractivity contribution in [1.29, 1.82) is 0 Å². The fourth-order valence-electron chi connectivity index (χ4n) is 2.03. The van der Waals surface area contributed by atoms with Gasteiger partial charge in [-0.05, 0) is 31.4 Å². The van der Waals surface area contributed by atoms with Crippen molar-refractivity contribution in [2.75, 3.05) is 6.61 Å². The highest BCUT2D eigenvalue weighted by Gasteiger charge is 2.04. The minimum Gasteiger partial charge on any atom is -0.466 e. The maximum absolute atomic E-state index is 11.3. The molecule has 0 aliphatic rings. The monoisotopic (exact) mass is 243 g/mol. The Morgan fingerprint density at radius 1 is 1.28 bits per heavy atom. The van der Waals surface area contributed by atoms with E-state index in [4.69, 9.17) is 4.74 Å². The number of ether oxygens (including phenoxy) is 1. The Labute approximate surface area is 107 Å². The predicted octanol–water partition coefficient (Wildman–Crippen LogP) is 3.12. The van der Waals surface area contributed by atoms with E-state index in [1.165, 1.54) is 5.56 Å². The molecule has 1 aromatic heterocycles. The maximum Gasteiger partial charge on any atom is 0.305 e. The van der Waals surface area contributed by atoms with Crippen molar-refractivity contribution in [2.45, 2.75) is 26.2 Å². The van der Waals surface area contributed by atoms with Crippen molar-refractivity contribution in [3.05, 3.63) is 42.1 Å². The number of carbonyl (C=O) groups excluding carboxylic acids is 1. The molecule has 1 aromatic carbocycles. The molecule has 0 spiro atoms. The molecule has 0 saturated carbocycles. The minimum atomic E-state index is -0.120. The normalized spacial score (nSPS) is 10.5. The number of para-hydroxylation sites is 1. The van der Waals surface area contributed by atoms with E-state index < -0.39 is 0 Å². The summed E-state index contributed by atoms with van der Waals surface area (Å²) < 4.78 is 4.91. The first-order valence-electron chi connectivity index (χ1n) is 6.29. The van der Waals surface area contributed by atoms with Gasteiger partial charge in [0.25, 0.3) is 0 Å². The van der Waals surface area contributed by atoms with Gasteiger partial charge in [-0.2, -0.15) is 0 Å².